The van der Waals surface area contributed by atoms with Gasteiger partial charge >= 0.3 is 0 Å². The maximum atomic E-state index is 10.6. The van der Waals surface area contributed by atoms with E-state index in [0.717, 1.165) is 36.1 Å². The van der Waals surface area contributed by atoms with Crippen LogP contribution in [0.15, 0.2) is 30.5 Å². The molecule has 0 radical (unpaired) electrons. The first kappa shape index (κ1) is 12.7. The van der Waals surface area contributed by atoms with Crippen molar-refractivity contribution in [3.05, 3.63) is 51.8 Å². The topological polar surface area (TPSA) is 94.9 Å². The highest BCUT2D eigenvalue weighted by molar-refractivity contribution is 5.57. The van der Waals surface area contributed by atoms with Crippen LogP contribution in [0.3, 0.4) is 0 Å². The van der Waals surface area contributed by atoms with Crippen molar-refractivity contribution in [2.24, 2.45) is 5.73 Å². The lowest BCUT2D eigenvalue weighted by Gasteiger charge is -2.21. The zero-order valence-electron chi connectivity index (χ0n) is 10.8. The van der Waals surface area contributed by atoms with Crippen LogP contribution in [-0.2, 0) is 6.42 Å². The molecular formula is C14H14N4O2. The van der Waals surface area contributed by atoms with Crippen molar-refractivity contribution in [1.29, 1.82) is 0 Å². The van der Waals surface area contributed by atoms with E-state index in [0.29, 0.717) is 5.82 Å². The lowest BCUT2D eigenvalue weighted by Crippen LogP contribution is -2.19. The summed E-state index contributed by atoms with van der Waals surface area (Å²) in [7, 11) is 0. The number of nitrogens with zero attached hydrogens (tertiary/aromatic N) is 3. The Labute approximate surface area is 115 Å². The third-order valence-corrected chi connectivity index (χ3v) is 3.56. The molecule has 1 aromatic heterocycles. The van der Waals surface area contributed by atoms with Gasteiger partial charge in [-0.25, -0.2) is 9.97 Å². The molecule has 1 heterocycles. The van der Waals surface area contributed by atoms with Gasteiger partial charge in [0.15, 0.2) is 5.82 Å². The number of hydrogen-bond acceptors (Lipinski definition) is 5. The summed E-state index contributed by atoms with van der Waals surface area (Å²) in [5.41, 5.74) is 8.88. The van der Waals surface area contributed by atoms with Gasteiger partial charge in [0, 0.05) is 41.2 Å². The molecule has 2 aromatic rings. The Bertz CT molecular complexity index is 655. The Morgan fingerprint density at radius 1 is 1.30 bits per heavy atom. The highest BCUT2D eigenvalue weighted by atomic mass is 16.6. The Morgan fingerprint density at radius 3 is 2.75 bits per heavy atom. The van der Waals surface area contributed by atoms with E-state index in [1.165, 1.54) is 12.1 Å². The first-order valence-electron chi connectivity index (χ1n) is 6.51. The summed E-state index contributed by atoms with van der Waals surface area (Å²) in [6.07, 6.45) is 4.69. The standard InChI is InChI=1S/C14H14N4O2/c15-12-2-1-3-13-11(12)8-16-14(17-13)9-4-6-10(7-5-9)18(19)20/h4-8,12H,1-3,15H2. The van der Waals surface area contributed by atoms with Gasteiger partial charge in [-0.05, 0) is 31.4 Å². The number of benzene rings is 1. The van der Waals surface area contributed by atoms with E-state index in [4.69, 9.17) is 5.73 Å². The number of fused-ring (bicyclic) bond motifs is 1. The Morgan fingerprint density at radius 2 is 2.05 bits per heavy atom. The Balaban J connectivity index is 1.96. The van der Waals surface area contributed by atoms with E-state index in [1.54, 1.807) is 18.3 Å². The molecule has 1 unspecified atom stereocenters. The fraction of sp³-hybridized carbons (Fsp3) is 0.286. The molecule has 2 N–H and O–H groups in total. The third kappa shape index (κ3) is 2.25. The van der Waals surface area contributed by atoms with Crippen molar-refractivity contribution in [3.63, 3.8) is 0 Å². The van der Waals surface area contributed by atoms with Crippen LogP contribution < -0.4 is 5.73 Å². The van der Waals surface area contributed by atoms with Crippen LogP contribution in [0.25, 0.3) is 11.4 Å². The summed E-state index contributed by atoms with van der Waals surface area (Å²) in [6.45, 7) is 0. The molecule has 102 valence electrons. The van der Waals surface area contributed by atoms with Gasteiger partial charge in [0.1, 0.15) is 0 Å². The highest BCUT2D eigenvalue weighted by Gasteiger charge is 2.19. The molecule has 6 heteroatoms. The number of aryl methyl sites for hydroxylation is 1. The van der Waals surface area contributed by atoms with Crippen molar-refractivity contribution in [2.75, 3.05) is 0 Å². The quantitative estimate of drug-likeness (QED) is 0.667. The van der Waals surface area contributed by atoms with Crippen LogP contribution in [0, 0.1) is 10.1 Å². The number of nitro groups is 1. The largest absolute Gasteiger partial charge is 0.324 e. The first-order chi connectivity index (χ1) is 9.65. The molecule has 0 amide bonds. The first-order valence-corrected chi connectivity index (χ1v) is 6.51. The summed E-state index contributed by atoms with van der Waals surface area (Å²) in [4.78, 5) is 19.1. The number of non-ortho nitro benzene ring substituents is 1. The van der Waals surface area contributed by atoms with Crippen molar-refractivity contribution in [2.45, 2.75) is 25.3 Å². The monoisotopic (exact) mass is 270 g/mol. The zero-order valence-corrected chi connectivity index (χ0v) is 10.8. The molecule has 3 rings (SSSR count). The van der Waals surface area contributed by atoms with Crippen LogP contribution in [0.1, 0.15) is 30.1 Å². The normalized spacial score (nSPS) is 17.6. The fourth-order valence-electron chi connectivity index (χ4n) is 2.45. The number of aromatic nitrogens is 2. The molecule has 1 aliphatic rings. The molecule has 20 heavy (non-hydrogen) atoms. The van der Waals surface area contributed by atoms with Crippen LogP contribution in [0.2, 0.25) is 0 Å². The lowest BCUT2D eigenvalue weighted by atomic mass is 9.93. The van der Waals surface area contributed by atoms with Gasteiger partial charge in [0.25, 0.3) is 5.69 Å². The molecule has 0 bridgehead atoms. The van der Waals surface area contributed by atoms with Crippen molar-refractivity contribution < 1.29 is 4.92 Å². The van der Waals surface area contributed by atoms with Gasteiger partial charge in [0.05, 0.1) is 4.92 Å². The van der Waals surface area contributed by atoms with E-state index in [2.05, 4.69) is 9.97 Å². The predicted molar refractivity (Wildman–Crippen MR) is 74.0 cm³/mol. The maximum absolute atomic E-state index is 10.6. The summed E-state index contributed by atoms with van der Waals surface area (Å²) in [5, 5.41) is 10.6. The third-order valence-electron chi connectivity index (χ3n) is 3.56. The number of nitrogens with two attached hydrogens (primary N) is 1. The molecule has 0 saturated heterocycles. The van der Waals surface area contributed by atoms with Crippen molar-refractivity contribution in [3.8, 4) is 11.4 Å². The van der Waals surface area contributed by atoms with Gasteiger partial charge in [-0.3, -0.25) is 10.1 Å². The van der Waals surface area contributed by atoms with E-state index >= 15 is 0 Å². The fourth-order valence-corrected chi connectivity index (χ4v) is 2.45. The molecule has 1 aromatic carbocycles. The highest BCUT2D eigenvalue weighted by Crippen LogP contribution is 2.28. The average molecular weight is 270 g/mol. The molecular weight excluding hydrogens is 256 g/mol. The van der Waals surface area contributed by atoms with E-state index in [1.807, 2.05) is 0 Å². The van der Waals surface area contributed by atoms with Crippen molar-refractivity contribution in [1.82, 2.24) is 9.97 Å². The van der Waals surface area contributed by atoms with Crippen LogP contribution in [0.4, 0.5) is 5.69 Å². The Kier molecular flexibility index (Phi) is 3.15. The second-order valence-electron chi connectivity index (χ2n) is 4.90. The minimum atomic E-state index is -0.420. The average Bonchev–Trinajstić information content (AvgIpc) is 2.47. The maximum Gasteiger partial charge on any atom is 0.269 e. The predicted octanol–water partition coefficient (Wildman–Crippen LogP) is 2.39. The van der Waals surface area contributed by atoms with E-state index in [9.17, 15) is 10.1 Å². The zero-order chi connectivity index (χ0) is 14.1. The lowest BCUT2D eigenvalue weighted by molar-refractivity contribution is -0.384. The molecule has 6 nitrogen and oxygen atoms in total. The molecule has 0 spiro atoms. The molecule has 0 saturated carbocycles. The van der Waals surface area contributed by atoms with E-state index < -0.39 is 4.92 Å². The molecule has 1 atom stereocenters. The SMILES string of the molecule is NC1CCCc2nc(-c3ccc([N+](=O)[O-])cc3)ncc21. The van der Waals surface area contributed by atoms with Gasteiger partial charge in [0.2, 0.25) is 0 Å². The number of rotatable bonds is 2. The summed E-state index contributed by atoms with van der Waals surface area (Å²) < 4.78 is 0. The second kappa shape index (κ2) is 4.97. The number of hydrogen-bond donors (Lipinski definition) is 1. The molecule has 1 aliphatic carbocycles. The van der Waals surface area contributed by atoms with Crippen LogP contribution in [-0.4, -0.2) is 14.9 Å². The minimum Gasteiger partial charge on any atom is -0.324 e. The van der Waals surface area contributed by atoms with Crippen molar-refractivity contribution >= 4 is 5.69 Å². The summed E-state index contributed by atoms with van der Waals surface area (Å²) in [6, 6.07) is 6.28. The van der Waals surface area contributed by atoms with E-state index in [-0.39, 0.29) is 11.7 Å². The summed E-state index contributed by atoms with van der Waals surface area (Å²) in [5.74, 6) is 0.591. The number of nitro benzene ring substituents is 1. The smallest absolute Gasteiger partial charge is 0.269 e. The van der Waals surface area contributed by atoms with Gasteiger partial charge in [-0.2, -0.15) is 0 Å². The van der Waals surface area contributed by atoms with Gasteiger partial charge in [-0.15, -0.1) is 0 Å². The second-order valence-corrected chi connectivity index (χ2v) is 4.90. The Hall–Kier alpha value is -2.34. The minimum absolute atomic E-state index is 0.0182. The summed E-state index contributed by atoms with van der Waals surface area (Å²) >= 11 is 0. The van der Waals surface area contributed by atoms with Crippen LogP contribution in [0.5, 0.6) is 0 Å². The van der Waals surface area contributed by atoms with Crippen LogP contribution >= 0.6 is 0 Å². The molecule has 0 aliphatic heterocycles. The molecule has 0 fully saturated rings. The van der Waals surface area contributed by atoms with Gasteiger partial charge < -0.3 is 5.73 Å². The van der Waals surface area contributed by atoms with Gasteiger partial charge in [-0.1, -0.05) is 0 Å².